The molecule has 0 atom stereocenters. The summed E-state index contributed by atoms with van der Waals surface area (Å²) >= 11 is 1.37. The number of amides is 2. The lowest BCUT2D eigenvalue weighted by Gasteiger charge is -2.36. The number of hydrogen-bond donors (Lipinski definition) is 2. The van der Waals surface area contributed by atoms with E-state index in [0.717, 1.165) is 31.7 Å². The van der Waals surface area contributed by atoms with Gasteiger partial charge in [-0.15, -0.1) is 11.3 Å². The molecule has 1 aromatic heterocycles. The topological polar surface area (TPSA) is 64.7 Å². The third-order valence-electron chi connectivity index (χ3n) is 4.53. The van der Waals surface area contributed by atoms with Crippen LogP contribution >= 0.6 is 11.3 Å². The number of thiophene rings is 1. The van der Waals surface area contributed by atoms with Gasteiger partial charge in [-0.3, -0.25) is 25.3 Å². The van der Waals surface area contributed by atoms with E-state index in [2.05, 4.69) is 44.9 Å². The highest BCUT2D eigenvalue weighted by Crippen LogP contribution is 2.16. The quantitative estimate of drug-likeness (QED) is 0.789. The number of nitrogens with zero attached hydrogens (tertiary/aromatic N) is 2. The number of carbonyl (C=O) groups excluding carboxylic acids is 2. The first-order valence-corrected chi connectivity index (χ1v) is 9.67. The molecule has 26 heavy (non-hydrogen) atoms. The molecule has 1 aromatic carbocycles. The van der Waals surface area contributed by atoms with Crippen LogP contribution in [-0.2, 0) is 4.79 Å². The highest BCUT2D eigenvalue weighted by molar-refractivity contribution is 7.12. The zero-order valence-electron chi connectivity index (χ0n) is 14.9. The van der Waals surface area contributed by atoms with Crippen molar-refractivity contribution in [3.8, 4) is 0 Å². The molecule has 0 spiro atoms. The minimum atomic E-state index is -0.262. The third kappa shape index (κ3) is 4.83. The summed E-state index contributed by atoms with van der Waals surface area (Å²) in [5.41, 5.74) is 7.15. The van der Waals surface area contributed by atoms with Crippen molar-refractivity contribution in [2.24, 2.45) is 0 Å². The molecule has 1 aliphatic heterocycles. The van der Waals surface area contributed by atoms with Gasteiger partial charge in [0.15, 0.2) is 0 Å². The van der Waals surface area contributed by atoms with Crippen LogP contribution in [-0.4, -0.2) is 49.4 Å². The minimum Gasteiger partial charge on any atom is -0.369 e. The molecule has 2 N–H and O–H groups in total. The molecule has 2 amide bonds. The van der Waals surface area contributed by atoms with Gasteiger partial charge in [0.2, 0.25) is 5.91 Å². The normalized spacial score (nSPS) is 14.9. The fourth-order valence-electron chi connectivity index (χ4n) is 2.98. The summed E-state index contributed by atoms with van der Waals surface area (Å²) in [4.78, 5) is 29.2. The SMILES string of the molecule is Cc1ccsc1C(=O)NNC(=O)CCN1CCN(c2ccccc2)CC1. The zero-order chi connectivity index (χ0) is 18.4. The summed E-state index contributed by atoms with van der Waals surface area (Å²) in [6.07, 6.45) is 0.370. The molecule has 1 aliphatic rings. The lowest BCUT2D eigenvalue weighted by atomic mass is 10.2. The third-order valence-corrected chi connectivity index (χ3v) is 5.55. The molecule has 0 bridgehead atoms. The number of aryl methyl sites for hydroxylation is 1. The molecule has 6 nitrogen and oxygen atoms in total. The Morgan fingerprint density at radius 1 is 1.04 bits per heavy atom. The van der Waals surface area contributed by atoms with E-state index in [4.69, 9.17) is 0 Å². The van der Waals surface area contributed by atoms with E-state index in [1.165, 1.54) is 17.0 Å². The van der Waals surface area contributed by atoms with Gasteiger partial charge in [0.05, 0.1) is 4.88 Å². The van der Waals surface area contributed by atoms with Gasteiger partial charge in [0, 0.05) is 44.8 Å². The standard InChI is InChI=1S/C19H24N4O2S/c1-15-8-14-26-18(15)19(25)21-20-17(24)7-9-22-10-12-23(13-11-22)16-5-3-2-4-6-16/h2-6,8,14H,7,9-13H2,1H3,(H,20,24)(H,21,25). The van der Waals surface area contributed by atoms with E-state index in [1.807, 2.05) is 24.4 Å². The molecule has 2 aromatic rings. The Bertz CT molecular complexity index is 739. The Morgan fingerprint density at radius 3 is 2.42 bits per heavy atom. The van der Waals surface area contributed by atoms with Crippen molar-refractivity contribution in [1.29, 1.82) is 0 Å². The molecule has 0 saturated carbocycles. The van der Waals surface area contributed by atoms with Gasteiger partial charge < -0.3 is 4.90 Å². The number of hydrazine groups is 1. The highest BCUT2D eigenvalue weighted by atomic mass is 32.1. The number of hydrogen-bond acceptors (Lipinski definition) is 5. The van der Waals surface area contributed by atoms with Gasteiger partial charge in [-0.05, 0) is 36.1 Å². The largest absolute Gasteiger partial charge is 0.369 e. The number of carbonyl (C=O) groups is 2. The number of nitrogens with one attached hydrogen (secondary N) is 2. The maximum absolute atomic E-state index is 12.0. The molecule has 3 rings (SSSR count). The molecule has 0 radical (unpaired) electrons. The van der Waals surface area contributed by atoms with Crippen molar-refractivity contribution in [3.05, 3.63) is 52.2 Å². The van der Waals surface area contributed by atoms with E-state index >= 15 is 0 Å². The second kappa shape index (κ2) is 8.82. The molecule has 2 heterocycles. The number of piperazine rings is 1. The monoisotopic (exact) mass is 372 g/mol. The smallest absolute Gasteiger partial charge is 0.280 e. The van der Waals surface area contributed by atoms with E-state index in [1.54, 1.807) is 0 Å². The van der Waals surface area contributed by atoms with Crippen LogP contribution in [0.3, 0.4) is 0 Å². The van der Waals surface area contributed by atoms with Crippen LogP contribution in [0.5, 0.6) is 0 Å². The van der Waals surface area contributed by atoms with Crippen LogP contribution in [0.2, 0.25) is 0 Å². The highest BCUT2D eigenvalue weighted by Gasteiger charge is 2.18. The molecular formula is C19H24N4O2S. The lowest BCUT2D eigenvalue weighted by molar-refractivity contribution is -0.122. The summed E-state index contributed by atoms with van der Waals surface area (Å²) in [5.74, 6) is -0.430. The van der Waals surface area contributed by atoms with Crippen molar-refractivity contribution in [3.63, 3.8) is 0 Å². The van der Waals surface area contributed by atoms with Crippen LogP contribution in [0.25, 0.3) is 0 Å². The van der Waals surface area contributed by atoms with Crippen molar-refractivity contribution >= 4 is 28.8 Å². The van der Waals surface area contributed by atoms with Crippen LogP contribution in [0.1, 0.15) is 21.7 Å². The summed E-state index contributed by atoms with van der Waals surface area (Å²) in [5, 5.41) is 1.86. The molecule has 0 unspecified atom stereocenters. The Labute approximate surface area is 157 Å². The average molecular weight is 372 g/mol. The van der Waals surface area contributed by atoms with Crippen LogP contribution < -0.4 is 15.8 Å². The Hall–Kier alpha value is -2.38. The van der Waals surface area contributed by atoms with Crippen molar-refractivity contribution in [2.75, 3.05) is 37.6 Å². The van der Waals surface area contributed by atoms with Crippen LogP contribution in [0.4, 0.5) is 5.69 Å². The average Bonchev–Trinajstić information content (AvgIpc) is 3.11. The maximum atomic E-state index is 12.0. The van der Waals surface area contributed by atoms with Gasteiger partial charge in [-0.1, -0.05) is 18.2 Å². The summed E-state index contributed by atoms with van der Waals surface area (Å²) in [6, 6.07) is 12.3. The van der Waals surface area contributed by atoms with Gasteiger partial charge in [-0.25, -0.2) is 0 Å². The molecule has 1 saturated heterocycles. The second-order valence-corrected chi connectivity index (χ2v) is 7.27. The van der Waals surface area contributed by atoms with Gasteiger partial charge in [-0.2, -0.15) is 0 Å². The molecule has 0 aliphatic carbocycles. The van der Waals surface area contributed by atoms with Crippen LogP contribution in [0.15, 0.2) is 41.8 Å². The van der Waals surface area contributed by atoms with E-state index in [-0.39, 0.29) is 11.8 Å². The summed E-state index contributed by atoms with van der Waals surface area (Å²) in [6.45, 7) is 6.36. The first-order valence-electron chi connectivity index (χ1n) is 8.79. The molecule has 1 fully saturated rings. The predicted molar refractivity (Wildman–Crippen MR) is 104 cm³/mol. The maximum Gasteiger partial charge on any atom is 0.280 e. The predicted octanol–water partition coefficient (Wildman–Crippen LogP) is 2.03. The summed E-state index contributed by atoms with van der Waals surface area (Å²) < 4.78 is 0. The molecule has 138 valence electrons. The Balaban J connectivity index is 1.35. The fourth-order valence-corrected chi connectivity index (χ4v) is 3.80. The fraction of sp³-hybridized carbons (Fsp3) is 0.368. The Kier molecular flexibility index (Phi) is 6.25. The number of rotatable bonds is 5. The van der Waals surface area contributed by atoms with Crippen LogP contribution in [0, 0.1) is 6.92 Å². The van der Waals surface area contributed by atoms with E-state index < -0.39 is 0 Å². The minimum absolute atomic E-state index is 0.168. The first kappa shape index (κ1) is 18.4. The van der Waals surface area contributed by atoms with Gasteiger partial charge in [0.25, 0.3) is 5.91 Å². The molecule has 7 heteroatoms. The summed E-state index contributed by atoms with van der Waals surface area (Å²) in [7, 11) is 0. The number of benzene rings is 1. The second-order valence-electron chi connectivity index (χ2n) is 6.35. The van der Waals surface area contributed by atoms with Crippen molar-refractivity contribution < 1.29 is 9.59 Å². The van der Waals surface area contributed by atoms with Crippen molar-refractivity contribution in [1.82, 2.24) is 15.8 Å². The number of para-hydroxylation sites is 1. The van der Waals surface area contributed by atoms with Gasteiger partial charge in [0.1, 0.15) is 0 Å². The van der Waals surface area contributed by atoms with Gasteiger partial charge >= 0.3 is 0 Å². The Morgan fingerprint density at radius 2 is 1.77 bits per heavy atom. The van der Waals surface area contributed by atoms with E-state index in [0.29, 0.717) is 17.8 Å². The van der Waals surface area contributed by atoms with Crippen molar-refractivity contribution in [2.45, 2.75) is 13.3 Å². The first-order chi connectivity index (χ1) is 12.6. The molecular weight excluding hydrogens is 348 g/mol. The zero-order valence-corrected chi connectivity index (χ0v) is 15.7. The lowest BCUT2D eigenvalue weighted by Crippen LogP contribution is -2.48. The van der Waals surface area contributed by atoms with E-state index in [9.17, 15) is 9.59 Å². The number of anilines is 1.